The summed E-state index contributed by atoms with van der Waals surface area (Å²) in [6.45, 7) is 1.58. The normalized spacial score (nSPS) is 12.0. The molecule has 0 spiro atoms. The molecule has 0 aliphatic heterocycles. The molecule has 0 saturated heterocycles. The predicted molar refractivity (Wildman–Crippen MR) is 46.7 cm³/mol. The van der Waals surface area contributed by atoms with E-state index in [0.717, 1.165) is 0 Å². The van der Waals surface area contributed by atoms with Gasteiger partial charge in [0.2, 0.25) is 0 Å². The predicted octanol–water partition coefficient (Wildman–Crippen LogP) is 1.18. The van der Waals surface area contributed by atoms with Gasteiger partial charge in [-0.3, -0.25) is 4.68 Å². The molecule has 0 amide bonds. The van der Waals surface area contributed by atoms with Crippen molar-refractivity contribution in [2.24, 2.45) is 7.05 Å². The summed E-state index contributed by atoms with van der Waals surface area (Å²) in [4.78, 5) is 0. The van der Waals surface area contributed by atoms with Gasteiger partial charge in [0, 0.05) is 12.6 Å². The minimum atomic E-state index is -4.55. The average Bonchev–Trinajstić information content (AvgIpc) is 2.14. The number of halogens is 2. The fourth-order valence-corrected chi connectivity index (χ4v) is 2.02. The second-order valence-electron chi connectivity index (χ2n) is 2.66. The van der Waals surface area contributed by atoms with Crippen LogP contribution in [-0.4, -0.2) is 18.2 Å². The van der Waals surface area contributed by atoms with E-state index in [1.54, 1.807) is 14.0 Å². The van der Waals surface area contributed by atoms with Gasteiger partial charge in [0.1, 0.15) is 10.9 Å². The third-order valence-corrected chi connectivity index (χ3v) is 2.69. The van der Waals surface area contributed by atoms with Crippen LogP contribution in [-0.2, 0) is 23.0 Å². The maximum absolute atomic E-state index is 12.3. The summed E-state index contributed by atoms with van der Waals surface area (Å²) in [6, 6.07) is 0. The summed E-state index contributed by atoms with van der Waals surface area (Å²) < 4.78 is 34.3. The second kappa shape index (κ2) is 3.26. The highest BCUT2D eigenvalue weighted by atomic mass is 35.5. The number of aromatic nitrogens is 2. The van der Waals surface area contributed by atoms with Gasteiger partial charge in [-0.15, -0.1) is 3.89 Å². The van der Waals surface area contributed by atoms with Crippen molar-refractivity contribution in [1.29, 1.82) is 0 Å². The summed E-state index contributed by atoms with van der Waals surface area (Å²) in [6.07, 6.45) is 0. The van der Waals surface area contributed by atoms with Crippen molar-refractivity contribution < 1.29 is 12.3 Å². The molecular formula is C6H8ClFN2O2S. The minimum absolute atomic E-state index is 0.152. The molecule has 13 heavy (non-hydrogen) atoms. The van der Waals surface area contributed by atoms with Gasteiger partial charge in [-0.05, 0) is 6.92 Å². The van der Waals surface area contributed by atoms with Gasteiger partial charge in [-0.1, -0.05) is 11.6 Å². The Bertz CT molecular complexity index is 426. The lowest BCUT2D eigenvalue weighted by molar-refractivity contribution is 0.551. The van der Waals surface area contributed by atoms with Crippen LogP contribution in [0.5, 0.6) is 0 Å². The topological polar surface area (TPSA) is 52.0 Å². The molecule has 0 saturated carbocycles. The fourth-order valence-electron chi connectivity index (χ4n) is 1.01. The Balaban J connectivity index is 3.15. The Morgan fingerprint density at radius 1 is 1.62 bits per heavy atom. The van der Waals surface area contributed by atoms with Crippen molar-refractivity contribution in [2.45, 2.75) is 12.7 Å². The van der Waals surface area contributed by atoms with Gasteiger partial charge in [-0.2, -0.15) is 13.5 Å². The van der Waals surface area contributed by atoms with Crippen LogP contribution >= 0.6 is 11.6 Å². The Kier molecular flexibility index (Phi) is 2.63. The molecule has 4 nitrogen and oxygen atoms in total. The largest absolute Gasteiger partial charge is 0.306 e. The summed E-state index contributed by atoms with van der Waals surface area (Å²) >= 11 is 5.69. The molecule has 0 unspecified atom stereocenters. The van der Waals surface area contributed by atoms with Crippen LogP contribution in [0.4, 0.5) is 3.89 Å². The number of hydrogen-bond donors (Lipinski definition) is 0. The molecule has 1 aromatic rings. The molecule has 0 aliphatic rings. The Labute approximate surface area is 80.5 Å². The standard InChI is InChI=1S/C6H8ClFN2O2S/c1-4-5(3-13(8,11)12)6(7)10(2)9-4/h3H2,1-2H3. The van der Waals surface area contributed by atoms with E-state index in [-0.39, 0.29) is 10.7 Å². The van der Waals surface area contributed by atoms with Gasteiger partial charge in [0.25, 0.3) is 0 Å². The molecular weight excluding hydrogens is 219 g/mol. The fraction of sp³-hybridized carbons (Fsp3) is 0.500. The van der Waals surface area contributed by atoms with Gasteiger partial charge in [0.15, 0.2) is 0 Å². The number of hydrogen-bond acceptors (Lipinski definition) is 3. The Morgan fingerprint density at radius 3 is 2.46 bits per heavy atom. The number of nitrogens with zero attached hydrogens (tertiary/aromatic N) is 2. The summed E-state index contributed by atoms with van der Waals surface area (Å²) in [5.74, 6) is -0.717. The van der Waals surface area contributed by atoms with E-state index >= 15 is 0 Å². The highest BCUT2D eigenvalue weighted by molar-refractivity contribution is 7.85. The first-order valence-corrected chi connectivity index (χ1v) is 5.34. The van der Waals surface area contributed by atoms with Crippen LogP contribution in [0.2, 0.25) is 5.15 Å². The molecule has 0 atom stereocenters. The third-order valence-electron chi connectivity index (χ3n) is 1.59. The molecule has 0 aromatic carbocycles. The minimum Gasteiger partial charge on any atom is -0.257 e. The molecule has 0 bridgehead atoms. The summed E-state index contributed by atoms with van der Waals surface area (Å²) in [7, 11) is -2.99. The molecule has 0 N–H and O–H groups in total. The van der Waals surface area contributed by atoms with Gasteiger partial charge >= 0.3 is 10.2 Å². The van der Waals surface area contributed by atoms with Crippen molar-refractivity contribution in [3.63, 3.8) is 0 Å². The molecule has 0 radical (unpaired) electrons. The van der Waals surface area contributed by atoms with Gasteiger partial charge in [0.05, 0.1) is 5.69 Å². The lowest BCUT2D eigenvalue weighted by Crippen LogP contribution is -1.97. The zero-order chi connectivity index (χ0) is 10.2. The first kappa shape index (κ1) is 10.5. The highest BCUT2D eigenvalue weighted by Gasteiger charge is 2.18. The van der Waals surface area contributed by atoms with Crippen LogP contribution < -0.4 is 0 Å². The van der Waals surface area contributed by atoms with E-state index in [0.29, 0.717) is 5.69 Å². The highest BCUT2D eigenvalue weighted by Crippen LogP contribution is 2.21. The van der Waals surface area contributed by atoms with Gasteiger partial charge in [-0.25, -0.2) is 0 Å². The van der Waals surface area contributed by atoms with Crippen molar-refractivity contribution in [2.75, 3.05) is 0 Å². The molecule has 1 aromatic heterocycles. The summed E-state index contributed by atoms with van der Waals surface area (Å²) in [5.41, 5.74) is 0.639. The van der Waals surface area contributed by atoms with Crippen LogP contribution in [0.1, 0.15) is 11.3 Å². The number of rotatable bonds is 2. The van der Waals surface area contributed by atoms with Crippen molar-refractivity contribution in [1.82, 2.24) is 9.78 Å². The Hall–Kier alpha value is -0.620. The number of aryl methyl sites for hydroxylation is 2. The quantitative estimate of drug-likeness (QED) is 0.712. The molecule has 1 rings (SSSR count). The van der Waals surface area contributed by atoms with E-state index in [4.69, 9.17) is 11.6 Å². The van der Waals surface area contributed by atoms with Crippen molar-refractivity contribution in [3.05, 3.63) is 16.4 Å². The third kappa shape index (κ3) is 2.41. The molecule has 0 aliphatic carbocycles. The van der Waals surface area contributed by atoms with E-state index in [1.165, 1.54) is 4.68 Å². The van der Waals surface area contributed by atoms with Crippen molar-refractivity contribution >= 4 is 21.8 Å². The maximum Gasteiger partial charge on any atom is 0.306 e. The molecule has 7 heteroatoms. The average molecular weight is 227 g/mol. The maximum atomic E-state index is 12.3. The smallest absolute Gasteiger partial charge is 0.257 e. The zero-order valence-electron chi connectivity index (χ0n) is 7.08. The lowest BCUT2D eigenvalue weighted by Gasteiger charge is -1.94. The van der Waals surface area contributed by atoms with E-state index in [2.05, 4.69) is 5.10 Å². The SMILES string of the molecule is Cc1nn(C)c(Cl)c1CS(=O)(=O)F. The van der Waals surface area contributed by atoms with Crippen LogP contribution in [0, 0.1) is 6.92 Å². The molecule has 74 valence electrons. The van der Waals surface area contributed by atoms with Gasteiger partial charge < -0.3 is 0 Å². The van der Waals surface area contributed by atoms with Crippen LogP contribution in [0.25, 0.3) is 0 Å². The summed E-state index contributed by atoms with van der Waals surface area (Å²) in [5, 5.41) is 4.00. The Morgan fingerprint density at radius 2 is 2.15 bits per heavy atom. The zero-order valence-corrected chi connectivity index (χ0v) is 8.65. The second-order valence-corrected chi connectivity index (χ2v) is 4.39. The van der Waals surface area contributed by atoms with E-state index < -0.39 is 16.0 Å². The first-order chi connectivity index (χ1) is 5.81. The molecule has 0 fully saturated rings. The lowest BCUT2D eigenvalue weighted by atomic mass is 10.3. The van der Waals surface area contributed by atoms with Crippen LogP contribution in [0.3, 0.4) is 0 Å². The molecule has 1 heterocycles. The monoisotopic (exact) mass is 226 g/mol. The first-order valence-electron chi connectivity index (χ1n) is 3.41. The van der Waals surface area contributed by atoms with Crippen LogP contribution in [0.15, 0.2) is 0 Å². The van der Waals surface area contributed by atoms with Crippen molar-refractivity contribution in [3.8, 4) is 0 Å². The van der Waals surface area contributed by atoms with E-state index in [1.807, 2.05) is 0 Å². The van der Waals surface area contributed by atoms with E-state index in [9.17, 15) is 12.3 Å².